The Kier molecular flexibility index (Phi) is 5.35. The summed E-state index contributed by atoms with van der Waals surface area (Å²) in [6, 6.07) is 9.05. The van der Waals surface area contributed by atoms with Crippen LogP contribution in [0.3, 0.4) is 0 Å². The summed E-state index contributed by atoms with van der Waals surface area (Å²) < 4.78 is 43.4. The molecule has 0 aliphatic carbocycles. The van der Waals surface area contributed by atoms with Gasteiger partial charge in [0.05, 0.1) is 6.04 Å². The molecule has 2 aromatic heterocycles. The van der Waals surface area contributed by atoms with E-state index in [1.807, 2.05) is 6.07 Å². The normalized spacial score (nSPS) is 12.4. The lowest BCUT2D eigenvalue weighted by Crippen LogP contribution is -2.21. The quantitative estimate of drug-likeness (QED) is 0.670. The number of halogens is 3. The van der Waals surface area contributed by atoms with Crippen molar-refractivity contribution in [3.63, 3.8) is 0 Å². The standard InChI is InChI=1S/C17H15F3N6O3/c1-9(10-6-4-3-5-7-10)26-12(8-11(25-26)13(27)21-2)14(28)22-16-24-23-15(29-16)17(18,19)20/h3-9H,1-2H3,(H,21,27)(H,22,24,28)/t9-/m0/s1. The summed E-state index contributed by atoms with van der Waals surface area (Å²) in [5.74, 6) is -2.99. The highest BCUT2D eigenvalue weighted by molar-refractivity contribution is 6.03. The van der Waals surface area contributed by atoms with E-state index in [4.69, 9.17) is 0 Å². The molecule has 0 aliphatic heterocycles. The molecule has 3 rings (SSSR count). The molecule has 2 heterocycles. The largest absolute Gasteiger partial charge is 0.470 e. The van der Waals surface area contributed by atoms with Crippen molar-refractivity contribution in [1.82, 2.24) is 25.3 Å². The number of anilines is 1. The van der Waals surface area contributed by atoms with Crippen LogP contribution in [0.5, 0.6) is 0 Å². The highest BCUT2D eigenvalue weighted by Crippen LogP contribution is 2.29. The van der Waals surface area contributed by atoms with Gasteiger partial charge < -0.3 is 9.73 Å². The third kappa shape index (κ3) is 4.25. The molecule has 2 amide bonds. The van der Waals surface area contributed by atoms with Crippen LogP contribution < -0.4 is 10.6 Å². The molecule has 1 atom stereocenters. The van der Waals surface area contributed by atoms with Gasteiger partial charge in [0.1, 0.15) is 5.69 Å². The summed E-state index contributed by atoms with van der Waals surface area (Å²) in [5, 5.41) is 14.7. The number of nitrogens with zero attached hydrogens (tertiary/aromatic N) is 4. The fourth-order valence-corrected chi connectivity index (χ4v) is 2.52. The molecule has 3 aromatic rings. The first-order chi connectivity index (χ1) is 13.7. The van der Waals surface area contributed by atoms with Gasteiger partial charge in [-0.2, -0.15) is 18.3 Å². The molecule has 9 nitrogen and oxygen atoms in total. The Morgan fingerprint density at radius 2 is 1.83 bits per heavy atom. The van der Waals surface area contributed by atoms with Crippen molar-refractivity contribution in [2.24, 2.45) is 0 Å². The number of carbonyl (C=O) groups excluding carboxylic acids is 2. The maximum absolute atomic E-state index is 12.6. The maximum atomic E-state index is 12.6. The van der Waals surface area contributed by atoms with Gasteiger partial charge in [0, 0.05) is 13.1 Å². The Balaban J connectivity index is 1.94. The molecule has 0 fully saturated rings. The van der Waals surface area contributed by atoms with Gasteiger partial charge in [-0.15, -0.1) is 5.10 Å². The van der Waals surface area contributed by atoms with Gasteiger partial charge in [0.2, 0.25) is 0 Å². The predicted octanol–water partition coefficient (Wildman–Crippen LogP) is 2.51. The second-order valence-corrected chi connectivity index (χ2v) is 5.89. The second kappa shape index (κ2) is 7.73. The zero-order chi connectivity index (χ0) is 21.2. The summed E-state index contributed by atoms with van der Waals surface area (Å²) in [7, 11) is 1.40. The first-order valence-electron chi connectivity index (χ1n) is 8.29. The molecule has 152 valence electrons. The van der Waals surface area contributed by atoms with Crippen molar-refractivity contribution in [3.8, 4) is 0 Å². The third-order valence-electron chi connectivity index (χ3n) is 3.96. The number of aromatic nitrogens is 4. The minimum absolute atomic E-state index is 0.0399. The van der Waals surface area contributed by atoms with Crippen LogP contribution >= 0.6 is 0 Å². The molecule has 0 bridgehead atoms. The number of nitrogens with one attached hydrogen (secondary N) is 2. The molecule has 0 aliphatic rings. The molecular formula is C17H15F3N6O3. The molecule has 2 N–H and O–H groups in total. The van der Waals surface area contributed by atoms with Gasteiger partial charge >= 0.3 is 18.1 Å². The van der Waals surface area contributed by atoms with Crippen LogP contribution in [0.25, 0.3) is 0 Å². The first-order valence-corrected chi connectivity index (χ1v) is 8.29. The van der Waals surface area contributed by atoms with Crippen LogP contribution in [0.1, 0.15) is 45.4 Å². The lowest BCUT2D eigenvalue weighted by Gasteiger charge is -2.15. The smallest absolute Gasteiger partial charge is 0.399 e. The van der Waals surface area contributed by atoms with Crippen LogP contribution in [0.2, 0.25) is 0 Å². The molecule has 0 unspecified atom stereocenters. The highest BCUT2D eigenvalue weighted by Gasteiger charge is 2.38. The van der Waals surface area contributed by atoms with E-state index < -0.39 is 35.9 Å². The molecule has 0 spiro atoms. The van der Waals surface area contributed by atoms with Crippen molar-refractivity contribution in [3.05, 3.63) is 59.2 Å². The molecule has 0 radical (unpaired) electrons. The van der Waals surface area contributed by atoms with E-state index in [0.29, 0.717) is 0 Å². The topological polar surface area (TPSA) is 115 Å². The summed E-state index contributed by atoms with van der Waals surface area (Å²) in [6.45, 7) is 1.75. The van der Waals surface area contributed by atoms with Crippen molar-refractivity contribution < 1.29 is 27.2 Å². The van der Waals surface area contributed by atoms with Crippen LogP contribution in [-0.2, 0) is 6.18 Å². The minimum atomic E-state index is -4.84. The molecule has 12 heteroatoms. The second-order valence-electron chi connectivity index (χ2n) is 5.89. The summed E-state index contributed by atoms with van der Waals surface area (Å²) in [4.78, 5) is 24.6. The van der Waals surface area contributed by atoms with Crippen LogP contribution in [0, 0.1) is 0 Å². The zero-order valence-electron chi connectivity index (χ0n) is 15.2. The fraction of sp³-hybridized carbons (Fsp3) is 0.235. The van der Waals surface area contributed by atoms with E-state index in [9.17, 15) is 22.8 Å². The van der Waals surface area contributed by atoms with Gasteiger partial charge in [0.25, 0.3) is 11.8 Å². The van der Waals surface area contributed by atoms with E-state index >= 15 is 0 Å². The van der Waals surface area contributed by atoms with Crippen LogP contribution in [-0.4, -0.2) is 38.8 Å². The number of alkyl halides is 3. The van der Waals surface area contributed by atoms with E-state index in [1.54, 1.807) is 31.2 Å². The van der Waals surface area contributed by atoms with Crippen molar-refractivity contribution in [1.29, 1.82) is 0 Å². The maximum Gasteiger partial charge on any atom is 0.470 e. The molecule has 0 saturated carbocycles. The third-order valence-corrected chi connectivity index (χ3v) is 3.96. The van der Waals surface area contributed by atoms with E-state index in [2.05, 4.69) is 30.3 Å². The first kappa shape index (κ1) is 20.0. The van der Waals surface area contributed by atoms with Crippen molar-refractivity contribution in [2.45, 2.75) is 19.1 Å². The molecule has 1 aromatic carbocycles. The SMILES string of the molecule is CNC(=O)c1cc(C(=O)Nc2nnc(C(F)(F)F)o2)n([C@@H](C)c2ccccc2)n1. The number of benzene rings is 1. The van der Waals surface area contributed by atoms with E-state index in [0.717, 1.165) is 5.56 Å². The zero-order valence-corrected chi connectivity index (χ0v) is 15.2. The number of rotatable bonds is 5. The molecular weight excluding hydrogens is 393 g/mol. The van der Waals surface area contributed by atoms with Gasteiger partial charge in [0.15, 0.2) is 5.69 Å². The Morgan fingerprint density at radius 1 is 1.14 bits per heavy atom. The molecule has 0 saturated heterocycles. The highest BCUT2D eigenvalue weighted by atomic mass is 19.4. The van der Waals surface area contributed by atoms with Gasteiger partial charge in [-0.05, 0) is 12.5 Å². The van der Waals surface area contributed by atoms with Crippen LogP contribution in [0.15, 0.2) is 40.8 Å². The Morgan fingerprint density at radius 3 is 2.41 bits per heavy atom. The average molecular weight is 408 g/mol. The average Bonchev–Trinajstić information content (AvgIpc) is 3.34. The summed E-state index contributed by atoms with van der Waals surface area (Å²) in [6.07, 6.45) is -4.84. The summed E-state index contributed by atoms with van der Waals surface area (Å²) >= 11 is 0. The monoisotopic (exact) mass is 408 g/mol. The van der Waals surface area contributed by atoms with Crippen molar-refractivity contribution >= 4 is 17.8 Å². The van der Waals surface area contributed by atoms with Gasteiger partial charge in [-0.3, -0.25) is 19.6 Å². The van der Waals surface area contributed by atoms with Crippen molar-refractivity contribution in [2.75, 3.05) is 12.4 Å². The molecule has 29 heavy (non-hydrogen) atoms. The van der Waals surface area contributed by atoms with Crippen LogP contribution in [0.4, 0.5) is 19.2 Å². The van der Waals surface area contributed by atoms with Gasteiger partial charge in [-0.25, -0.2) is 0 Å². The summed E-state index contributed by atoms with van der Waals surface area (Å²) in [5.41, 5.74) is 0.680. The predicted molar refractivity (Wildman–Crippen MR) is 93.1 cm³/mol. The fourth-order valence-electron chi connectivity index (χ4n) is 2.52. The van der Waals surface area contributed by atoms with E-state index in [1.165, 1.54) is 17.8 Å². The number of carbonyl (C=O) groups is 2. The Labute approximate surface area is 161 Å². The number of amides is 2. The Bertz CT molecular complexity index is 1030. The number of hydrogen-bond acceptors (Lipinski definition) is 6. The van der Waals surface area contributed by atoms with E-state index in [-0.39, 0.29) is 11.4 Å². The minimum Gasteiger partial charge on any atom is -0.399 e. The number of hydrogen-bond donors (Lipinski definition) is 2. The Hall–Kier alpha value is -3.70. The van der Waals surface area contributed by atoms with Gasteiger partial charge in [-0.1, -0.05) is 35.4 Å². The lowest BCUT2D eigenvalue weighted by atomic mass is 10.1. The lowest BCUT2D eigenvalue weighted by molar-refractivity contribution is -0.156.